The zero-order valence-corrected chi connectivity index (χ0v) is 15.9. The summed E-state index contributed by atoms with van der Waals surface area (Å²) in [6.45, 7) is 0. The van der Waals surface area contributed by atoms with Crippen molar-refractivity contribution >= 4 is 11.9 Å². The normalized spacial score (nSPS) is 11.5. The highest BCUT2D eigenvalue weighted by Gasteiger charge is 2.27. The molecule has 10 heteroatoms. The molecule has 154 valence electrons. The third-order valence-corrected chi connectivity index (χ3v) is 4.27. The molecule has 0 aliphatic carbocycles. The Morgan fingerprint density at radius 3 is 2.63 bits per heavy atom. The molecule has 1 unspecified atom stereocenters. The van der Waals surface area contributed by atoms with E-state index in [1.165, 1.54) is 12.4 Å². The molecule has 0 aliphatic heterocycles. The van der Waals surface area contributed by atoms with Crippen LogP contribution in [0.1, 0.15) is 33.8 Å². The van der Waals surface area contributed by atoms with E-state index in [0.29, 0.717) is 11.3 Å². The maximum Gasteiger partial charge on any atom is 0.343 e. The molecule has 0 saturated carbocycles. The Balaban J connectivity index is 2.08. The van der Waals surface area contributed by atoms with Crippen molar-refractivity contribution in [3.8, 4) is 17.5 Å². The molecule has 2 aromatic heterocycles. The lowest BCUT2D eigenvalue weighted by Crippen LogP contribution is -2.23. The second kappa shape index (κ2) is 8.86. The van der Waals surface area contributed by atoms with Gasteiger partial charge in [-0.15, -0.1) is 0 Å². The quantitative estimate of drug-likeness (QED) is 0.494. The Morgan fingerprint density at radius 1 is 1.23 bits per heavy atom. The van der Waals surface area contributed by atoms with E-state index in [1.54, 1.807) is 30.3 Å². The van der Waals surface area contributed by atoms with Crippen molar-refractivity contribution in [1.29, 1.82) is 0 Å². The molecule has 0 fully saturated rings. The summed E-state index contributed by atoms with van der Waals surface area (Å²) >= 11 is 0. The monoisotopic (exact) mass is 410 g/mol. The smallest absolute Gasteiger partial charge is 0.343 e. The number of H-pyrrole nitrogens is 1. The zero-order valence-electron chi connectivity index (χ0n) is 15.9. The lowest BCUT2D eigenvalue weighted by Gasteiger charge is -2.18. The minimum atomic E-state index is -0.948. The number of hydrogen-bond acceptors (Lipinski definition) is 8. The highest BCUT2D eigenvalue weighted by atomic mass is 16.5. The molecule has 1 atom stereocenters. The predicted octanol–water partition coefficient (Wildman–Crippen LogP) is 1.46. The van der Waals surface area contributed by atoms with E-state index in [0.717, 1.165) is 13.3 Å². The number of amides is 1. The molecular formula is C20H18N4O6. The Morgan fingerprint density at radius 2 is 1.97 bits per heavy atom. The number of carbonyl (C=O) groups excluding carboxylic acids is 2. The third-order valence-electron chi connectivity index (χ3n) is 4.27. The highest BCUT2D eigenvalue weighted by Crippen LogP contribution is 2.35. The van der Waals surface area contributed by atoms with Gasteiger partial charge in [-0.05, 0) is 23.8 Å². The van der Waals surface area contributed by atoms with Crippen LogP contribution >= 0.6 is 0 Å². The Bertz CT molecular complexity index is 1130. The lowest BCUT2D eigenvalue weighted by molar-refractivity contribution is -0.118. The van der Waals surface area contributed by atoms with Gasteiger partial charge in [0.1, 0.15) is 17.1 Å². The van der Waals surface area contributed by atoms with Gasteiger partial charge in [-0.3, -0.25) is 9.59 Å². The minimum absolute atomic E-state index is 0.106. The van der Waals surface area contributed by atoms with Gasteiger partial charge < -0.3 is 25.3 Å². The van der Waals surface area contributed by atoms with Crippen LogP contribution in [0.25, 0.3) is 0 Å². The number of rotatable bonds is 7. The number of aromatic hydroxyl groups is 1. The topological polar surface area (TPSA) is 157 Å². The van der Waals surface area contributed by atoms with Gasteiger partial charge in [-0.25, -0.2) is 14.8 Å². The molecule has 3 aromatic rings. The van der Waals surface area contributed by atoms with Gasteiger partial charge in [0.25, 0.3) is 5.56 Å². The van der Waals surface area contributed by atoms with Gasteiger partial charge in [0, 0.05) is 30.9 Å². The van der Waals surface area contributed by atoms with Gasteiger partial charge in [-0.1, -0.05) is 12.1 Å². The van der Waals surface area contributed by atoms with Crippen LogP contribution in [0.15, 0.2) is 53.7 Å². The second-order valence-corrected chi connectivity index (χ2v) is 6.21. The number of aromatic nitrogens is 3. The number of nitrogens with one attached hydrogen (secondary N) is 1. The van der Waals surface area contributed by atoms with Crippen molar-refractivity contribution in [3.05, 3.63) is 76.0 Å². The number of nitrogens with zero attached hydrogens (tertiary/aromatic N) is 2. The van der Waals surface area contributed by atoms with E-state index < -0.39 is 29.1 Å². The van der Waals surface area contributed by atoms with E-state index in [2.05, 4.69) is 19.7 Å². The molecular weight excluding hydrogens is 392 g/mol. The van der Waals surface area contributed by atoms with Crippen molar-refractivity contribution < 1.29 is 24.2 Å². The molecule has 3 rings (SSSR count). The van der Waals surface area contributed by atoms with Crippen molar-refractivity contribution in [3.63, 3.8) is 0 Å². The maximum absolute atomic E-state index is 12.5. The van der Waals surface area contributed by atoms with E-state index >= 15 is 0 Å². The number of esters is 1. The number of hydrogen-bond donors (Lipinski definition) is 3. The van der Waals surface area contributed by atoms with Gasteiger partial charge in [0.15, 0.2) is 0 Å². The first-order valence-electron chi connectivity index (χ1n) is 8.76. The van der Waals surface area contributed by atoms with E-state index in [-0.39, 0.29) is 23.6 Å². The zero-order chi connectivity index (χ0) is 21.7. The Kier molecular flexibility index (Phi) is 6.06. The van der Waals surface area contributed by atoms with Crippen LogP contribution in [-0.4, -0.2) is 39.0 Å². The summed E-state index contributed by atoms with van der Waals surface area (Å²) in [6, 6.07) is 8.21. The van der Waals surface area contributed by atoms with Crippen LogP contribution in [0.5, 0.6) is 17.5 Å². The number of pyridine rings is 1. The van der Waals surface area contributed by atoms with Crippen LogP contribution < -0.4 is 16.0 Å². The van der Waals surface area contributed by atoms with Crippen LogP contribution in [0.2, 0.25) is 0 Å². The van der Waals surface area contributed by atoms with Gasteiger partial charge in [0.05, 0.1) is 12.7 Å². The van der Waals surface area contributed by atoms with E-state index in [9.17, 15) is 19.5 Å². The first kappa shape index (κ1) is 20.5. The Labute approximate surface area is 170 Å². The summed E-state index contributed by atoms with van der Waals surface area (Å²) in [5.74, 6) is -2.75. The maximum atomic E-state index is 12.5. The number of benzene rings is 1. The van der Waals surface area contributed by atoms with Gasteiger partial charge in [-0.2, -0.15) is 0 Å². The van der Waals surface area contributed by atoms with E-state index in [1.807, 2.05) is 0 Å². The molecule has 0 spiro atoms. The van der Waals surface area contributed by atoms with Crippen molar-refractivity contribution in [2.24, 2.45) is 5.73 Å². The van der Waals surface area contributed by atoms with Crippen LogP contribution in [0, 0.1) is 0 Å². The van der Waals surface area contributed by atoms with Crippen molar-refractivity contribution in [2.45, 2.75) is 12.3 Å². The molecule has 0 bridgehead atoms. The Hall–Kier alpha value is -4.21. The highest BCUT2D eigenvalue weighted by molar-refractivity contribution is 5.92. The summed E-state index contributed by atoms with van der Waals surface area (Å²) in [5, 5.41) is 10.6. The number of carbonyl (C=O) groups is 2. The molecule has 1 aromatic carbocycles. The largest absolute Gasteiger partial charge is 0.506 e. The van der Waals surface area contributed by atoms with Gasteiger partial charge >= 0.3 is 12.0 Å². The molecule has 0 aliphatic rings. The molecule has 2 heterocycles. The fourth-order valence-electron chi connectivity index (χ4n) is 2.95. The second-order valence-electron chi connectivity index (χ2n) is 6.21. The third kappa shape index (κ3) is 4.43. The fourth-order valence-corrected chi connectivity index (χ4v) is 2.95. The van der Waals surface area contributed by atoms with Crippen molar-refractivity contribution in [1.82, 2.24) is 15.0 Å². The summed E-state index contributed by atoms with van der Waals surface area (Å²) in [4.78, 5) is 46.4. The fraction of sp³-hybridized carbons (Fsp3) is 0.150. The lowest BCUT2D eigenvalue weighted by atomic mass is 9.87. The molecule has 1 amide bonds. The van der Waals surface area contributed by atoms with Crippen LogP contribution in [0.4, 0.5) is 0 Å². The molecule has 0 radical (unpaired) electrons. The minimum Gasteiger partial charge on any atom is -0.506 e. The summed E-state index contributed by atoms with van der Waals surface area (Å²) in [6.07, 6.45) is 3.77. The SMILES string of the molecule is COC(=O)c1c[nH]c(=O)c(C(CC(N)=O)c2cccc(Oc3ncccn3)c2)c1O. The first-order valence-corrected chi connectivity index (χ1v) is 8.76. The number of primary amides is 1. The average molecular weight is 410 g/mol. The summed E-state index contributed by atoms with van der Waals surface area (Å²) in [7, 11) is 1.14. The van der Waals surface area contributed by atoms with Crippen molar-refractivity contribution in [2.75, 3.05) is 7.11 Å². The summed E-state index contributed by atoms with van der Waals surface area (Å²) in [5.41, 5.74) is 4.72. The number of ether oxygens (including phenoxy) is 2. The number of nitrogens with two attached hydrogens (primary N) is 1. The first-order chi connectivity index (χ1) is 14.4. The molecule has 0 saturated heterocycles. The molecule has 10 nitrogen and oxygen atoms in total. The van der Waals surface area contributed by atoms with E-state index in [4.69, 9.17) is 10.5 Å². The average Bonchev–Trinajstić information content (AvgIpc) is 2.73. The molecule has 4 N–H and O–H groups in total. The summed E-state index contributed by atoms with van der Waals surface area (Å²) < 4.78 is 10.2. The van der Waals surface area contributed by atoms with Crippen LogP contribution in [-0.2, 0) is 9.53 Å². The predicted molar refractivity (Wildman–Crippen MR) is 104 cm³/mol. The standard InChI is InChI=1S/C20H18N4O6/c1-29-19(28)14-10-24-18(27)16(17(14)26)13(9-15(21)25)11-4-2-5-12(8-11)30-20-22-6-3-7-23-20/h2-8,10,13H,9H2,1H3,(H2,21,25)(H2,24,26,27). The van der Waals surface area contributed by atoms with Crippen LogP contribution in [0.3, 0.4) is 0 Å². The number of methoxy groups -OCH3 is 1. The molecule has 30 heavy (non-hydrogen) atoms. The number of aromatic amines is 1. The van der Waals surface area contributed by atoms with Gasteiger partial charge in [0.2, 0.25) is 5.91 Å².